The summed E-state index contributed by atoms with van der Waals surface area (Å²) < 4.78 is 5.67. The van der Waals surface area contributed by atoms with Crippen LogP contribution in [0.2, 0.25) is 0 Å². The van der Waals surface area contributed by atoms with Gasteiger partial charge in [-0.1, -0.05) is 127 Å². The second-order valence-electron chi connectivity index (χ2n) is 14.5. The van der Waals surface area contributed by atoms with Gasteiger partial charge in [0, 0.05) is 10.8 Å². The van der Waals surface area contributed by atoms with E-state index in [2.05, 4.69) is 157 Å². The van der Waals surface area contributed by atoms with E-state index in [4.69, 9.17) is 17.3 Å². The maximum Gasteiger partial charge on any atom is 1.00 e. The van der Waals surface area contributed by atoms with Crippen molar-refractivity contribution in [2.75, 3.05) is 12.3 Å². The van der Waals surface area contributed by atoms with E-state index in [0.717, 1.165) is 39.5 Å². The zero-order valence-corrected chi connectivity index (χ0v) is 39.4. The summed E-state index contributed by atoms with van der Waals surface area (Å²) in [6.45, 7) is 0. The summed E-state index contributed by atoms with van der Waals surface area (Å²) in [5.41, 5.74) is 8.64. The Kier molecular flexibility index (Phi) is 16.6. The van der Waals surface area contributed by atoms with Crippen molar-refractivity contribution in [3.63, 3.8) is 0 Å². The van der Waals surface area contributed by atoms with Crippen molar-refractivity contribution < 1.29 is 49.2 Å². The molecule has 1 nitrogen and oxygen atoms in total. The molecule has 0 aliphatic heterocycles. The fourth-order valence-corrected chi connectivity index (χ4v) is 14.3. The first-order chi connectivity index (χ1) is 28.7. The van der Waals surface area contributed by atoms with Crippen LogP contribution in [-0.2, 0) is 51.2 Å². The number of hydrogen-bond donors (Lipinski definition) is 0. The number of benzene rings is 7. The normalized spacial score (nSPS) is 12.4. The van der Waals surface area contributed by atoms with E-state index in [-0.39, 0.29) is 44.8 Å². The largest absolute Gasteiger partial charge is 1.00 e. The molecule has 0 spiro atoms. The molecule has 0 saturated carbocycles. The van der Waals surface area contributed by atoms with Crippen LogP contribution in [0.5, 0.6) is 0 Å². The molecule has 60 heavy (non-hydrogen) atoms. The molecule has 1 aromatic heterocycles. The molecule has 1 unspecified atom stereocenters. The van der Waals surface area contributed by atoms with Crippen molar-refractivity contribution in [3.8, 4) is 23.0 Å². The van der Waals surface area contributed by atoms with Crippen molar-refractivity contribution >= 4 is 53.7 Å². The number of fused-ring (bicyclic) bond motifs is 6. The van der Waals surface area contributed by atoms with Gasteiger partial charge < -0.3 is 17.3 Å². The van der Waals surface area contributed by atoms with Crippen LogP contribution < -0.4 is 15.9 Å². The minimum absolute atomic E-state index is 0. The number of furan rings is 1. The first-order valence-corrected chi connectivity index (χ1v) is 23.3. The summed E-state index contributed by atoms with van der Waals surface area (Å²) in [6, 6.07) is 61.8. The van der Waals surface area contributed by atoms with Crippen LogP contribution in [0, 0.1) is 24.7 Å². The van der Waals surface area contributed by atoms with Crippen LogP contribution in [0.25, 0.3) is 33.1 Å². The van der Waals surface area contributed by atoms with Crippen LogP contribution in [0.1, 0.15) is 35.1 Å². The topological polar surface area (TPSA) is 13.1 Å². The molecule has 0 saturated heterocycles. The van der Waals surface area contributed by atoms with Gasteiger partial charge in [-0.3, -0.25) is 11.8 Å². The fraction of sp³-hybridized carbons (Fsp3) is 0.0909. The van der Waals surface area contributed by atoms with Crippen LogP contribution in [0.15, 0.2) is 204 Å². The van der Waals surface area contributed by atoms with Crippen molar-refractivity contribution in [2.24, 2.45) is 0 Å². The third-order valence-electron chi connectivity index (χ3n) is 10.8. The summed E-state index contributed by atoms with van der Waals surface area (Å²) in [6.07, 6.45) is 27.4. The molecule has 0 N–H and O–H groups in total. The zero-order chi connectivity index (χ0) is 39.5. The first kappa shape index (κ1) is 44.8. The van der Waals surface area contributed by atoms with Gasteiger partial charge in [-0.05, 0) is 90.6 Å². The molecule has 0 fully saturated rings. The molecule has 7 aromatic carbocycles. The zero-order valence-electron chi connectivity index (χ0n) is 33.0. The maximum atomic E-state index is 7.12. The summed E-state index contributed by atoms with van der Waals surface area (Å²) in [5.74, 6) is 4.79. The van der Waals surface area contributed by atoms with Gasteiger partial charge in [-0.2, -0.15) is 0 Å². The Morgan fingerprint density at radius 2 is 1.02 bits per heavy atom. The SMILES string of the molecule is C1=CC([PH+](CC[PH+](c2ccccc2)c2ccccc2)c2ccccc2)=CCC1.[Au+].[Au+].[C-]#Cc1ccc2c(c1)Cc1ccccc1-2.[C-]#Cc1ccc2c(c1)oc1ccccc12. The van der Waals surface area contributed by atoms with Crippen LogP contribution in [0.4, 0.5) is 0 Å². The molecule has 300 valence electrons. The summed E-state index contributed by atoms with van der Waals surface area (Å²) in [7, 11) is -1.50. The van der Waals surface area contributed by atoms with Gasteiger partial charge in [0.15, 0.2) is 0 Å². The Morgan fingerprint density at radius 1 is 0.483 bits per heavy atom. The average molecular weight is 1180 g/mol. The minimum Gasteiger partial charge on any atom is -0.458 e. The van der Waals surface area contributed by atoms with Gasteiger partial charge in [-0.25, -0.2) is 0 Å². The number of rotatable bonds is 7. The minimum atomic E-state index is -0.765. The summed E-state index contributed by atoms with van der Waals surface area (Å²) in [5, 5.41) is 8.41. The third kappa shape index (κ3) is 10.8. The van der Waals surface area contributed by atoms with E-state index in [9.17, 15) is 0 Å². The van der Waals surface area contributed by atoms with E-state index in [1.807, 2.05) is 48.5 Å². The summed E-state index contributed by atoms with van der Waals surface area (Å²) >= 11 is 0. The monoisotopic (exact) mass is 1180 g/mol. The quantitative estimate of drug-likeness (QED) is 0.0671. The van der Waals surface area contributed by atoms with Crippen molar-refractivity contribution in [1.82, 2.24) is 0 Å². The number of allylic oxidation sites excluding steroid dienone is 4. The standard InChI is InChI=1S/C26H26P2.C15H9.C14H7O.2Au/c1-5-13-23(14-6-1)27(24-15-7-2-8-16-24)21-22-28(25-17-9-3-10-18-25)26-19-11-4-12-20-26;1-2-11-7-8-15-13(9-11)10-12-5-3-4-6-14(12)15;1-2-10-7-8-12-11-5-3-4-6-13(11)15-14(12)9-10;;/h1-3,5-11,13-20H,4,12,21-22H2;3-9H,10H2;3-9H;;/q;2*-1;2*+1/p+2. The van der Waals surface area contributed by atoms with Gasteiger partial charge in [0.1, 0.15) is 23.5 Å². The molecule has 1 atom stereocenters. The van der Waals surface area contributed by atoms with Gasteiger partial charge in [-0.15, -0.1) is 29.3 Å². The van der Waals surface area contributed by atoms with Crippen LogP contribution in [0.3, 0.4) is 0 Å². The van der Waals surface area contributed by atoms with Crippen molar-refractivity contribution in [1.29, 1.82) is 0 Å². The Hall–Kier alpha value is -4.72. The molecule has 10 rings (SSSR count). The third-order valence-corrected chi connectivity index (χ3v) is 17.0. The molecule has 2 aliphatic carbocycles. The Balaban J connectivity index is 0.000000160. The molecular formula is C55H44Au2OP2+2. The average Bonchev–Trinajstić information content (AvgIpc) is 3.87. The molecule has 8 aromatic rings. The summed E-state index contributed by atoms with van der Waals surface area (Å²) in [4.78, 5) is 0. The molecule has 0 bridgehead atoms. The number of para-hydroxylation sites is 1. The van der Waals surface area contributed by atoms with Gasteiger partial charge in [0.2, 0.25) is 0 Å². The van der Waals surface area contributed by atoms with E-state index >= 15 is 0 Å². The molecule has 0 amide bonds. The maximum absolute atomic E-state index is 7.12. The molecular weight excluding hydrogens is 1130 g/mol. The molecule has 0 radical (unpaired) electrons. The predicted octanol–water partition coefficient (Wildman–Crippen LogP) is 12.3. The van der Waals surface area contributed by atoms with Crippen molar-refractivity contribution in [3.05, 3.63) is 235 Å². The Bertz CT molecular complexity index is 2760. The number of hydrogen-bond acceptors (Lipinski definition) is 1. The van der Waals surface area contributed by atoms with E-state index in [1.54, 1.807) is 10.6 Å². The van der Waals surface area contributed by atoms with Crippen LogP contribution >= 0.6 is 15.8 Å². The fourth-order valence-electron chi connectivity index (χ4n) is 7.94. The van der Waals surface area contributed by atoms with E-state index in [1.165, 1.54) is 58.0 Å². The van der Waals surface area contributed by atoms with E-state index < -0.39 is 15.8 Å². The molecule has 2 aliphatic rings. The van der Waals surface area contributed by atoms with Gasteiger partial charge >= 0.3 is 44.8 Å². The molecule has 5 heteroatoms. The second-order valence-corrected chi connectivity index (χ2v) is 19.7. The predicted molar refractivity (Wildman–Crippen MR) is 252 cm³/mol. The second kappa shape index (κ2) is 22.2. The Morgan fingerprint density at radius 3 is 1.67 bits per heavy atom. The smallest absolute Gasteiger partial charge is 0.458 e. The first-order valence-electron chi connectivity index (χ1n) is 19.9. The van der Waals surface area contributed by atoms with Gasteiger partial charge in [0.25, 0.3) is 0 Å². The van der Waals surface area contributed by atoms with E-state index in [0.29, 0.717) is 0 Å². The van der Waals surface area contributed by atoms with Crippen LogP contribution in [-0.4, -0.2) is 12.3 Å². The van der Waals surface area contributed by atoms with Gasteiger partial charge in [0.05, 0.1) is 37.1 Å². The van der Waals surface area contributed by atoms with Crippen molar-refractivity contribution in [2.45, 2.75) is 19.3 Å². The molecule has 1 heterocycles. The Labute approximate surface area is 389 Å².